The number of ketones is 1. The second-order valence-electron chi connectivity index (χ2n) is 2.76. The lowest BCUT2D eigenvalue weighted by Crippen LogP contribution is -2.10. The van der Waals surface area contributed by atoms with Crippen molar-refractivity contribution in [2.75, 3.05) is 6.54 Å². The van der Waals surface area contributed by atoms with E-state index in [0.29, 0.717) is 24.4 Å². The summed E-state index contributed by atoms with van der Waals surface area (Å²) in [5, 5.41) is 7.44. The van der Waals surface area contributed by atoms with E-state index in [2.05, 4.69) is 16.9 Å². The molecule has 70 valence electrons. The molecule has 0 saturated heterocycles. The zero-order chi connectivity index (χ0) is 9.84. The summed E-state index contributed by atoms with van der Waals surface area (Å²) in [7, 11) is 0. The molecule has 0 aliphatic heterocycles. The highest BCUT2D eigenvalue weighted by Crippen LogP contribution is 2.01. The van der Waals surface area contributed by atoms with E-state index in [9.17, 15) is 4.79 Å². The molecule has 0 radical (unpaired) electrons. The van der Waals surface area contributed by atoms with Crippen molar-refractivity contribution in [1.82, 2.24) is 15.0 Å². The van der Waals surface area contributed by atoms with Crippen LogP contribution in [0.4, 0.5) is 0 Å². The number of aromatic nitrogens is 3. The van der Waals surface area contributed by atoms with E-state index >= 15 is 0 Å². The Morgan fingerprint density at radius 2 is 2.46 bits per heavy atom. The molecule has 0 aliphatic rings. The van der Waals surface area contributed by atoms with Crippen LogP contribution in [0.15, 0.2) is 18.3 Å². The van der Waals surface area contributed by atoms with Crippen molar-refractivity contribution in [3.05, 3.63) is 24.0 Å². The molecule has 1 aromatic heterocycles. The Morgan fingerprint density at radius 3 is 3.00 bits per heavy atom. The summed E-state index contributed by atoms with van der Waals surface area (Å²) in [4.78, 5) is 11.3. The molecular formula is C8H12N4O. The fourth-order valence-electron chi connectivity index (χ4n) is 0.863. The van der Waals surface area contributed by atoms with Crippen LogP contribution >= 0.6 is 0 Å². The highest BCUT2D eigenvalue weighted by molar-refractivity contribution is 6.06. The minimum Gasteiger partial charge on any atom is -0.329 e. The molecule has 0 saturated carbocycles. The van der Waals surface area contributed by atoms with Crippen molar-refractivity contribution in [3.8, 4) is 0 Å². The van der Waals surface area contributed by atoms with Crippen molar-refractivity contribution in [2.45, 2.75) is 13.5 Å². The van der Waals surface area contributed by atoms with Gasteiger partial charge in [-0.15, -0.1) is 5.10 Å². The van der Waals surface area contributed by atoms with Gasteiger partial charge in [0, 0.05) is 6.54 Å². The van der Waals surface area contributed by atoms with Gasteiger partial charge in [0.05, 0.1) is 12.7 Å². The topological polar surface area (TPSA) is 73.8 Å². The molecule has 0 aromatic carbocycles. The van der Waals surface area contributed by atoms with E-state index in [-0.39, 0.29) is 5.78 Å². The van der Waals surface area contributed by atoms with Crippen LogP contribution in [-0.4, -0.2) is 27.3 Å². The Labute approximate surface area is 76.2 Å². The summed E-state index contributed by atoms with van der Waals surface area (Å²) >= 11 is 0. The number of allylic oxidation sites excluding steroid dienone is 1. The molecular weight excluding hydrogens is 168 g/mol. The average molecular weight is 180 g/mol. The number of carbonyl (C=O) groups excluding carboxylic acids is 1. The van der Waals surface area contributed by atoms with Gasteiger partial charge in [-0.05, 0) is 12.5 Å². The lowest BCUT2D eigenvalue weighted by atomic mass is 10.2. The predicted octanol–water partition coefficient (Wildman–Crippen LogP) is -0.00440. The van der Waals surface area contributed by atoms with Gasteiger partial charge in [-0.1, -0.05) is 11.8 Å². The maximum Gasteiger partial charge on any atom is 0.210 e. The van der Waals surface area contributed by atoms with Gasteiger partial charge in [-0.2, -0.15) is 0 Å². The minimum absolute atomic E-state index is 0.178. The first kappa shape index (κ1) is 9.60. The molecule has 0 bridgehead atoms. The Kier molecular flexibility index (Phi) is 2.92. The molecule has 0 aliphatic carbocycles. The number of hydrogen-bond acceptors (Lipinski definition) is 4. The lowest BCUT2D eigenvalue weighted by Gasteiger charge is -1.93. The van der Waals surface area contributed by atoms with E-state index in [1.165, 1.54) is 4.68 Å². The van der Waals surface area contributed by atoms with Crippen molar-refractivity contribution >= 4 is 5.78 Å². The first-order chi connectivity index (χ1) is 6.15. The SMILES string of the molecule is C=C(C)C(=O)c1cn(CCN)nn1. The van der Waals surface area contributed by atoms with Crippen LogP contribution in [0, 0.1) is 0 Å². The molecule has 5 heteroatoms. The molecule has 0 fully saturated rings. The molecule has 1 aromatic rings. The molecule has 0 amide bonds. The monoisotopic (exact) mass is 180 g/mol. The molecule has 0 atom stereocenters. The Hall–Kier alpha value is -1.49. The van der Waals surface area contributed by atoms with Crippen molar-refractivity contribution in [2.24, 2.45) is 5.73 Å². The van der Waals surface area contributed by atoms with E-state index in [0.717, 1.165) is 0 Å². The van der Waals surface area contributed by atoms with E-state index in [1.54, 1.807) is 13.1 Å². The van der Waals surface area contributed by atoms with Gasteiger partial charge in [-0.25, -0.2) is 0 Å². The number of carbonyl (C=O) groups is 1. The summed E-state index contributed by atoms with van der Waals surface area (Å²) in [6.07, 6.45) is 1.57. The van der Waals surface area contributed by atoms with Crippen molar-refractivity contribution in [3.63, 3.8) is 0 Å². The Balaban J connectivity index is 2.79. The Morgan fingerprint density at radius 1 is 1.77 bits per heavy atom. The molecule has 5 nitrogen and oxygen atoms in total. The number of rotatable bonds is 4. The third kappa shape index (κ3) is 2.22. The van der Waals surface area contributed by atoms with Crippen LogP contribution in [0.5, 0.6) is 0 Å². The smallest absolute Gasteiger partial charge is 0.210 e. The average Bonchev–Trinajstić information content (AvgIpc) is 2.52. The number of nitrogens with two attached hydrogens (primary N) is 1. The van der Waals surface area contributed by atoms with Crippen LogP contribution in [0.25, 0.3) is 0 Å². The van der Waals surface area contributed by atoms with E-state index < -0.39 is 0 Å². The fraction of sp³-hybridized carbons (Fsp3) is 0.375. The van der Waals surface area contributed by atoms with Crippen LogP contribution in [0.3, 0.4) is 0 Å². The number of Topliss-reactive ketones (excluding diaryl/α,β-unsaturated/α-hetero) is 1. The Bertz CT molecular complexity index is 329. The van der Waals surface area contributed by atoms with Gasteiger partial charge in [0.25, 0.3) is 0 Å². The summed E-state index contributed by atoms with van der Waals surface area (Å²) in [6, 6.07) is 0. The maximum absolute atomic E-state index is 11.3. The van der Waals surface area contributed by atoms with Gasteiger partial charge in [0.2, 0.25) is 5.78 Å². The second-order valence-corrected chi connectivity index (χ2v) is 2.76. The van der Waals surface area contributed by atoms with Crippen LogP contribution in [-0.2, 0) is 6.54 Å². The van der Waals surface area contributed by atoms with Crippen LogP contribution < -0.4 is 5.73 Å². The lowest BCUT2D eigenvalue weighted by molar-refractivity contribution is 0.103. The summed E-state index contributed by atoms with van der Waals surface area (Å²) < 4.78 is 1.54. The summed E-state index contributed by atoms with van der Waals surface area (Å²) in [6.45, 7) is 6.22. The maximum atomic E-state index is 11.3. The largest absolute Gasteiger partial charge is 0.329 e. The molecule has 1 rings (SSSR count). The van der Waals surface area contributed by atoms with Gasteiger partial charge in [0.15, 0.2) is 5.69 Å². The standard InChI is InChI=1S/C8H12N4O/c1-6(2)8(13)7-5-12(4-3-9)11-10-7/h5H,1,3-4,9H2,2H3. The molecule has 1 heterocycles. The molecule has 13 heavy (non-hydrogen) atoms. The van der Waals surface area contributed by atoms with Crippen LogP contribution in [0.1, 0.15) is 17.4 Å². The summed E-state index contributed by atoms with van der Waals surface area (Å²) in [5.41, 5.74) is 6.09. The second kappa shape index (κ2) is 3.95. The summed E-state index contributed by atoms with van der Waals surface area (Å²) in [5.74, 6) is -0.178. The third-order valence-electron chi connectivity index (χ3n) is 1.52. The normalized spacial score (nSPS) is 10.0. The zero-order valence-corrected chi connectivity index (χ0v) is 7.53. The molecule has 0 spiro atoms. The first-order valence-corrected chi connectivity index (χ1v) is 3.95. The van der Waals surface area contributed by atoms with E-state index in [1.807, 2.05) is 0 Å². The third-order valence-corrected chi connectivity index (χ3v) is 1.52. The van der Waals surface area contributed by atoms with Gasteiger partial charge < -0.3 is 5.73 Å². The number of nitrogens with zero attached hydrogens (tertiary/aromatic N) is 3. The fourth-order valence-corrected chi connectivity index (χ4v) is 0.863. The first-order valence-electron chi connectivity index (χ1n) is 3.95. The number of hydrogen-bond donors (Lipinski definition) is 1. The quantitative estimate of drug-likeness (QED) is 0.522. The van der Waals surface area contributed by atoms with Crippen LogP contribution in [0.2, 0.25) is 0 Å². The molecule has 0 unspecified atom stereocenters. The highest BCUT2D eigenvalue weighted by atomic mass is 16.1. The zero-order valence-electron chi connectivity index (χ0n) is 7.53. The molecule has 2 N–H and O–H groups in total. The van der Waals surface area contributed by atoms with E-state index in [4.69, 9.17) is 5.73 Å². The minimum atomic E-state index is -0.178. The van der Waals surface area contributed by atoms with Gasteiger partial charge >= 0.3 is 0 Å². The highest BCUT2D eigenvalue weighted by Gasteiger charge is 2.10. The van der Waals surface area contributed by atoms with Crippen molar-refractivity contribution < 1.29 is 4.79 Å². The van der Waals surface area contributed by atoms with Gasteiger partial charge in [-0.3, -0.25) is 9.48 Å². The van der Waals surface area contributed by atoms with Crippen molar-refractivity contribution in [1.29, 1.82) is 0 Å². The van der Waals surface area contributed by atoms with Gasteiger partial charge in [0.1, 0.15) is 0 Å². The predicted molar refractivity (Wildman–Crippen MR) is 48.2 cm³/mol.